The van der Waals surface area contributed by atoms with Crippen LogP contribution in [0.2, 0.25) is 10.0 Å². The van der Waals surface area contributed by atoms with Crippen molar-refractivity contribution in [1.29, 1.82) is 0 Å². The van der Waals surface area contributed by atoms with Crippen molar-refractivity contribution in [3.8, 4) is 11.5 Å². The number of halogens is 2. The van der Waals surface area contributed by atoms with Gasteiger partial charge in [-0.25, -0.2) is 9.59 Å². The largest absolute Gasteiger partial charge is 0.482 e. The zero-order valence-corrected chi connectivity index (χ0v) is 34.7. The molecule has 0 saturated carbocycles. The highest BCUT2D eigenvalue weighted by molar-refractivity contribution is 6.31. The molecule has 6 rings (SSSR count). The summed E-state index contributed by atoms with van der Waals surface area (Å²) in [4.78, 5) is 60.1. The average Bonchev–Trinajstić information content (AvgIpc) is 3.22. The van der Waals surface area contributed by atoms with Gasteiger partial charge < -0.3 is 24.0 Å². The van der Waals surface area contributed by atoms with Crippen molar-refractivity contribution in [2.75, 3.05) is 52.5 Å². The van der Waals surface area contributed by atoms with Crippen molar-refractivity contribution in [3.63, 3.8) is 0 Å². The summed E-state index contributed by atoms with van der Waals surface area (Å²) < 4.78 is 16.7. The molecule has 58 heavy (non-hydrogen) atoms. The van der Waals surface area contributed by atoms with Gasteiger partial charge in [-0.2, -0.15) is 0 Å². The molecule has 0 aliphatic carbocycles. The standard InChI is InChI=1S/C45H50Cl2N4O7/c1-31-26-51(42(52)22-34-10-6-4-7-11-34)32(2)25-50(31)28-37-24-39(47)15-17-41(37)57-30-44(54)58-43(53)29-56-40-16-14-38(46)23-36(40)27-48-18-20-49(21-19-48)45(55)33(3)35-12-8-5-9-13-35/h4-17,23-24,31-33H,18-22,25-30H2,1-3H3. The first-order valence-electron chi connectivity index (χ1n) is 19.6. The van der Waals surface area contributed by atoms with E-state index in [0.29, 0.717) is 80.3 Å². The van der Waals surface area contributed by atoms with Crippen LogP contribution in [0.5, 0.6) is 11.5 Å². The molecule has 3 atom stereocenters. The van der Waals surface area contributed by atoms with Crippen molar-refractivity contribution in [1.82, 2.24) is 19.6 Å². The molecule has 0 N–H and O–H groups in total. The summed E-state index contributed by atoms with van der Waals surface area (Å²) in [6.45, 7) is 9.77. The molecular formula is C45H50Cl2N4O7. The molecule has 4 aromatic rings. The second-order valence-corrected chi connectivity index (χ2v) is 15.9. The molecule has 0 aromatic heterocycles. The molecule has 2 saturated heterocycles. The third-order valence-corrected chi connectivity index (χ3v) is 11.2. The summed E-state index contributed by atoms with van der Waals surface area (Å²) in [6, 6.07) is 29.8. The van der Waals surface area contributed by atoms with Crippen molar-refractivity contribution < 1.29 is 33.4 Å². The van der Waals surface area contributed by atoms with Gasteiger partial charge in [0.1, 0.15) is 11.5 Å². The number of carbonyl (C=O) groups is 4. The topological polar surface area (TPSA) is 109 Å². The molecule has 4 aromatic carbocycles. The molecule has 2 heterocycles. The number of hydrogen-bond donors (Lipinski definition) is 0. The zero-order chi connectivity index (χ0) is 41.2. The van der Waals surface area contributed by atoms with E-state index in [9.17, 15) is 19.2 Å². The van der Waals surface area contributed by atoms with Crippen LogP contribution in [-0.2, 0) is 43.4 Å². The van der Waals surface area contributed by atoms with Gasteiger partial charge in [-0.1, -0.05) is 83.9 Å². The molecule has 2 aliphatic heterocycles. The van der Waals surface area contributed by atoms with Gasteiger partial charge in [-0.05, 0) is 68.3 Å². The van der Waals surface area contributed by atoms with E-state index in [2.05, 4.69) is 16.7 Å². The predicted molar refractivity (Wildman–Crippen MR) is 223 cm³/mol. The minimum absolute atomic E-state index is 0.00910. The molecule has 2 fully saturated rings. The molecule has 0 radical (unpaired) electrons. The molecule has 0 spiro atoms. The Morgan fingerprint density at radius 3 is 1.83 bits per heavy atom. The number of benzene rings is 4. The molecule has 3 unspecified atom stereocenters. The van der Waals surface area contributed by atoms with Crippen LogP contribution in [0.25, 0.3) is 0 Å². The number of hydrogen-bond acceptors (Lipinski definition) is 9. The van der Waals surface area contributed by atoms with Gasteiger partial charge in [0.2, 0.25) is 11.8 Å². The fourth-order valence-corrected chi connectivity index (χ4v) is 7.86. The normalized spacial score (nSPS) is 18.0. The predicted octanol–water partition coefficient (Wildman–Crippen LogP) is 6.63. The number of piperazine rings is 2. The fourth-order valence-electron chi connectivity index (χ4n) is 7.47. The van der Waals surface area contributed by atoms with Crippen LogP contribution >= 0.6 is 23.2 Å². The summed E-state index contributed by atoms with van der Waals surface area (Å²) in [7, 11) is 0. The van der Waals surface area contributed by atoms with Gasteiger partial charge in [0.25, 0.3) is 0 Å². The Labute approximate surface area is 350 Å². The molecule has 13 heteroatoms. The third-order valence-electron chi connectivity index (χ3n) is 10.7. The van der Waals surface area contributed by atoms with Crippen LogP contribution in [-0.4, -0.2) is 108 Å². The number of nitrogens with zero attached hydrogens (tertiary/aromatic N) is 4. The van der Waals surface area contributed by atoms with Gasteiger partial charge in [0.15, 0.2) is 13.2 Å². The second-order valence-electron chi connectivity index (χ2n) is 15.0. The van der Waals surface area contributed by atoms with Crippen molar-refractivity contribution in [2.24, 2.45) is 0 Å². The molecular weight excluding hydrogens is 779 g/mol. The number of esters is 2. The van der Waals surface area contributed by atoms with Gasteiger partial charge in [-0.3, -0.25) is 19.4 Å². The van der Waals surface area contributed by atoms with Gasteiger partial charge >= 0.3 is 11.9 Å². The number of carbonyl (C=O) groups excluding carboxylic acids is 4. The minimum Gasteiger partial charge on any atom is -0.482 e. The molecule has 0 bridgehead atoms. The molecule has 2 aliphatic rings. The van der Waals surface area contributed by atoms with Gasteiger partial charge in [-0.15, -0.1) is 0 Å². The summed E-state index contributed by atoms with van der Waals surface area (Å²) in [6.07, 6.45) is 0.357. The van der Waals surface area contributed by atoms with Gasteiger partial charge in [0, 0.05) is 85.6 Å². The third kappa shape index (κ3) is 11.6. The first kappa shape index (κ1) is 42.7. The zero-order valence-electron chi connectivity index (χ0n) is 33.2. The molecule has 11 nitrogen and oxygen atoms in total. The SMILES string of the molecule is CC(C(=O)N1CCN(Cc2cc(Cl)ccc2OCC(=O)OC(=O)COc2ccc(Cl)cc2CN2CC(C)N(C(=O)Cc3ccccc3)CC2C)CC1)c1ccccc1. The van der Waals surface area contributed by atoms with Crippen LogP contribution in [0.15, 0.2) is 97.1 Å². The Hall–Kier alpha value is -4.94. The van der Waals surface area contributed by atoms with Crippen LogP contribution in [0.1, 0.15) is 48.9 Å². The van der Waals surface area contributed by atoms with Crippen molar-refractivity contribution in [2.45, 2.75) is 58.3 Å². The molecule has 306 valence electrons. The number of amides is 2. The van der Waals surface area contributed by atoms with Crippen molar-refractivity contribution >= 4 is 47.0 Å². The van der Waals surface area contributed by atoms with Gasteiger partial charge in [0.05, 0.1) is 12.3 Å². The fraction of sp³-hybridized carbons (Fsp3) is 0.378. The lowest BCUT2D eigenvalue weighted by Crippen LogP contribution is -2.57. The lowest BCUT2D eigenvalue weighted by molar-refractivity contribution is -0.162. The Morgan fingerprint density at radius 1 is 0.690 bits per heavy atom. The quantitative estimate of drug-likeness (QED) is 0.102. The van der Waals surface area contributed by atoms with E-state index >= 15 is 0 Å². The maximum absolute atomic E-state index is 13.2. The lowest BCUT2D eigenvalue weighted by atomic mass is 9.99. The van der Waals surface area contributed by atoms with Crippen LogP contribution in [0.3, 0.4) is 0 Å². The van der Waals surface area contributed by atoms with E-state index in [1.807, 2.05) is 84.3 Å². The molecule has 2 amide bonds. The Kier molecular flexibility index (Phi) is 14.8. The van der Waals surface area contributed by atoms with E-state index in [1.165, 1.54) is 0 Å². The second kappa shape index (κ2) is 20.2. The van der Waals surface area contributed by atoms with Crippen LogP contribution in [0.4, 0.5) is 0 Å². The Bertz CT molecular complexity index is 2050. The van der Waals surface area contributed by atoms with E-state index in [-0.39, 0.29) is 29.8 Å². The van der Waals surface area contributed by atoms with Crippen LogP contribution in [0, 0.1) is 0 Å². The maximum Gasteiger partial charge on any atom is 0.351 e. The number of rotatable bonds is 14. The minimum atomic E-state index is -0.868. The van der Waals surface area contributed by atoms with E-state index in [1.54, 1.807) is 36.4 Å². The first-order valence-corrected chi connectivity index (χ1v) is 20.4. The summed E-state index contributed by atoms with van der Waals surface area (Å²) in [5.41, 5.74) is 3.52. The summed E-state index contributed by atoms with van der Waals surface area (Å²) in [5.74, 6) is -0.873. The summed E-state index contributed by atoms with van der Waals surface area (Å²) in [5, 5.41) is 1.03. The highest BCUT2D eigenvalue weighted by atomic mass is 35.5. The van der Waals surface area contributed by atoms with Crippen molar-refractivity contribution in [3.05, 3.63) is 129 Å². The maximum atomic E-state index is 13.2. The van der Waals surface area contributed by atoms with Crippen LogP contribution < -0.4 is 9.47 Å². The monoisotopic (exact) mass is 828 g/mol. The highest BCUT2D eigenvalue weighted by Gasteiger charge is 2.32. The lowest BCUT2D eigenvalue weighted by Gasteiger charge is -2.44. The highest BCUT2D eigenvalue weighted by Crippen LogP contribution is 2.29. The smallest absolute Gasteiger partial charge is 0.351 e. The van der Waals surface area contributed by atoms with E-state index in [4.69, 9.17) is 37.4 Å². The number of ether oxygens (including phenoxy) is 3. The first-order chi connectivity index (χ1) is 27.9. The Balaban J connectivity index is 0.962. The Morgan fingerprint density at radius 2 is 1.24 bits per heavy atom. The van der Waals surface area contributed by atoms with E-state index in [0.717, 1.165) is 22.3 Å². The average molecular weight is 830 g/mol. The summed E-state index contributed by atoms with van der Waals surface area (Å²) >= 11 is 12.7. The van der Waals surface area contributed by atoms with E-state index < -0.39 is 25.2 Å².